The summed E-state index contributed by atoms with van der Waals surface area (Å²) in [6.45, 7) is 10.7. The average molecular weight is 600 g/mol. The Labute approximate surface area is 259 Å². The number of esters is 1. The van der Waals surface area contributed by atoms with Gasteiger partial charge < -0.3 is 19.5 Å². The molecule has 1 N–H and O–H groups in total. The number of aliphatic imine (C=N–C) groups is 1. The maximum absolute atomic E-state index is 13.9. The number of alkyl carbamates (subject to hydrolysis) is 1. The third-order valence-corrected chi connectivity index (χ3v) is 6.94. The SMILES string of the molecule is COC(=O)[C@@H]1N(C(=O)OC(C)(C)C)c2ccccc2[C@@]1(CCNC(=O)OC(C)(C)C)N=C(c1ccccc1)c1ccccc1. The second-order valence-electron chi connectivity index (χ2n) is 12.6. The van der Waals surface area contributed by atoms with Crippen LogP contribution in [0.5, 0.6) is 0 Å². The van der Waals surface area contributed by atoms with E-state index in [9.17, 15) is 14.4 Å². The molecule has 0 spiro atoms. The van der Waals surface area contributed by atoms with Crippen molar-refractivity contribution in [3.05, 3.63) is 102 Å². The monoisotopic (exact) mass is 599 g/mol. The number of fused-ring (bicyclic) bond motifs is 1. The zero-order chi connectivity index (χ0) is 32.1. The third kappa shape index (κ3) is 7.27. The van der Waals surface area contributed by atoms with Gasteiger partial charge in [0.25, 0.3) is 0 Å². The number of hydrogen-bond donors (Lipinski definition) is 1. The summed E-state index contributed by atoms with van der Waals surface area (Å²) in [5.74, 6) is -0.673. The molecule has 0 aliphatic carbocycles. The Balaban J connectivity index is 1.98. The molecule has 44 heavy (non-hydrogen) atoms. The van der Waals surface area contributed by atoms with Crippen molar-refractivity contribution in [1.82, 2.24) is 5.32 Å². The molecule has 2 atom stereocenters. The number of ether oxygens (including phenoxy) is 3. The predicted molar refractivity (Wildman–Crippen MR) is 170 cm³/mol. The van der Waals surface area contributed by atoms with Gasteiger partial charge in [0, 0.05) is 23.2 Å². The first kappa shape index (κ1) is 32.3. The normalized spacial score (nSPS) is 17.7. The zero-order valence-electron chi connectivity index (χ0n) is 26.4. The minimum absolute atomic E-state index is 0.0826. The van der Waals surface area contributed by atoms with Gasteiger partial charge in [-0.15, -0.1) is 0 Å². The molecular formula is C35H41N3O6. The van der Waals surface area contributed by atoms with Crippen molar-refractivity contribution >= 4 is 29.6 Å². The Morgan fingerprint density at radius 3 is 1.84 bits per heavy atom. The number of carbonyl (C=O) groups excluding carboxylic acids is 3. The highest BCUT2D eigenvalue weighted by Crippen LogP contribution is 2.50. The summed E-state index contributed by atoms with van der Waals surface area (Å²) in [6, 6.07) is 25.2. The van der Waals surface area contributed by atoms with E-state index in [1.165, 1.54) is 12.0 Å². The Morgan fingerprint density at radius 2 is 1.32 bits per heavy atom. The van der Waals surface area contributed by atoms with E-state index < -0.39 is 40.9 Å². The molecule has 0 bridgehead atoms. The molecule has 2 amide bonds. The van der Waals surface area contributed by atoms with Crippen molar-refractivity contribution < 1.29 is 28.6 Å². The van der Waals surface area contributed by atoms with Crippen LogP contribution in [0.2, 0.25) is 0 Å². The molecule has 4 rings (SSSR count). The highest BCUT2D eigenvalue weighted by Gasteiger charge is 2.58. The smallest absolute Gasteiger partial charge is 0.415 e. The first-order chi connectivity index (χ1) is 20.8. The second kappa shape index (κ2) is 12.9. The first-order valence-corrected chi connectivity index (χ1v) is 14.6. The minimum atomic E-state index is -1.39. The summed E-state index contributed by atoms with van der Waals surface area (Å²) in [4.78, 5) is 47.2. The van der Waals surface area contributed by atoms with Crippen LogP contribution in [-0.2, 0) is 24.5 Å². The average Bonchev–Trinajstić information content (AvgIpc) is 3.25. The summed E-state index contributed by atoms with van der Waals surface area (Å²) in [5, 5.41) is 2.82. The maximum atomic E-state index is 13.9. The molecule has 3 aromatic rings. The van der Waals surface area contributed by atoms with Crippen LogP contribution in [0, 0.1) is 0 Å². The second-order valence-corrected chi connectivity index (χ2v) is 12.6. The van der Waals surface area contributed by atoms with Crippen LogP contribution in [0.15, 0.2) is 89.9 Å². The Hall–Kier alpha value is -4.66. The molecule has 3 aromatic carbocycles. The molecule has 0 radical (unpaired) electrons. The van der Waals surface area contributed by atoms with Gasteiger partial charge in [0.1, 0.15) is 16.7 Å². The topological polar surface area (TPSA) is 107 Å². The molecule has 0 saturated carbocycles. The number of nitrogens with zero attached hydrogens (tertiary/aromatic N) is 2. The van der Waals surface area contributed by atoms with E-state index in [4.69, 9.17) is 19.2 Å². The summed E-state index contributed by atoms with van der Waals surface area (Å²) in [6.07, 6.45) is -1.18. The van der Waals surface area contributed by atoms with E-state index in [1.807, 2.05) is 72.8 Å². The van der Waals surface area contributed by atoms with Gasteiger partial charge in [0.15, 0.2) is 6.04 Å². The predicted octanol–water partition coefficient (Wildman–Crippen LogP) is 6.63. The largest absolute Gasteiger partial charge is 0.467 e. The van der Waals surface area contributed by atoms with Gasteiger partial charge in [-0.3, -0.25) is 9.89 Å². The molecule has 1 aliphatic rings. The van der Waals surface area contributed by atoms with Gasteiger partial charge in [-0.25, -0.2) is 14.4 Å². The van der Waals surface area contributed by atoms with Crippen LogP contribution in [0.4, 0.5) is 15.3 Å². The number of hydrogen-bond acceptors (Lipinski definition) is 7. The number of para-hydroxylation sites is 1. The molecule has 1 heterocycles. The van der Waals surface area contributed by atoms with E-state index in [0.29, 0.717) is 17.0 Å². The molecule has 1 aliphatic heterocycles. The molecule has 232 valence electrons. The van der Waals surface area contributed by atoms with Crippen molar-refractivity contribution in [3.8, 4) is 0 Å². The lowest BCUT2D eigenvalue weighted by atomic mass is 9.82. The van der Waals surface area contributed by atoms with E-state index in [2.05, 4.69) is 5.32 Å². The van der Waals surface area contributed by atoms with E-state index in [-0.39, 0.29) is 13.0 Å². The van der Waals surface area contributed by atoms with Crippen LogP contribution >= 0.6 is 0 Å². The van der Waals surface area contributed by atoms with Crippen molar-refractivity contribution in [2.45, 2.75) is 70.7 Å². The maximum Gasteiger partial charge on any atom is 0.415 e. The van der Waals surface area contributed by atoms with Crippen molar-refractivity contribution in [2.75, 3.05) is 18.6 Å². The highest BCUT2D eigenvalue weighted by atomic mass is 16.6. The minimum Gasteiger partial charge on any atom is -0.467 e. The number of rotatable bonds is 7. The number of anilines is 1. The number of methoxy groups -OCH3 is 1. The molecule has 0 fully saturated rings. The fourth-order valence-corrected chi connectivity index (χ4v) is 5.28. The number of amides is 2. The lowest BCUT2D eigenvalue weighted by Gasteiger charge is -2.35. The van der Waals surface area contributed by atoms with Crippen molar-refractivity contribution in [3.63, 3.8) is 0 Å². The van der Waals surface area contributed by atoms with Crippen molar-refractivity contribution in [2.24, 2.45) is 4.99 Å². The van der Waals surface area contributed by atoms with E-state index >= 15 is 0 Å². The summed E-state index contributed by atoms with van der Waals surface area (Å²) in [5.41, 5.74) is 0.406. The van der Waals surface area contributed by atoms with Crippen LogP contribution < -0.4 is 10.2 Å². The first-order valence-electron chi connectivity index (χ1n) is 14.6. The van der Waals surface area contributed by atoms with Gasteiger partial charge in [-0.05, 0) is 54.0 Å². The van der Waals surface area contributed by atoms with Gasteiger partial charge in [-0.1, -0.05) is 78.9 Å². The van der Waals surface area contributed by atoms with Crippen LogP contribution in [0.25, 0.3) is 0 Å². The molecule has 0 saturated heterocycles. The Bertz CT molecular complexity index is 1470. The number of carbonyl (C=O) groups is 3. The lowest BCUT2D eigenvalue weighted by Crippen LogP contribution is -2.54. The van der Waals surface area contributed by atoms with Gasteiger partial charge >= 0.3 is 18.2 Å². The quantitative estimate of drug-likeness (QED) is 0.186. The summed E-state index contributed by atoms with van der Waals surface area (Å²) < 4.78 is 16.6. The Kier molecular flexibility index (Phi) is 9.47. The van der Waals surface area contributed by atoms with Gasteiger partial charge in [0.05, 0.1) is 18.5 Å². The van der Waals surface area contributed by atoms with Gasteiger partial charge in [-0.2, -0.15) is 0 Å². The summed E-state index contributed by atoms with van der Waals surface area (Å²) in [7, 11) is 1.28. The molecule has 0 unspecified atom stereocenters. The highest BCUT2D eigenvalue weighted by molar-refractivity contribution is 6.13. The lowest BCUT2D eigenvalue weighted by molar-refractivity contribution is -0.143. The van der Waals surface area contributed by atoms with E-state index in [0.717, 1.165) is 11.1 Å². The fourth-order valence-electron chi connectivity index (χ4n) is 5.28. The van der Waals surface area contributed by atoms with Crippen molar-refractivity contribution in [1.29, 1.82) is 0 Å². The standard InChI is InChI=1S/C35H41N3O6/c1-33(2,3)43-31(40)36-23-22-35(37-28(24-16-10-8-11-17-24)25-18-12-9-13-19-25)26-20-14-15-21-27(26)38(29(35)30(39)42-7)32(41)44-34(4,5)6/h8-21,29H,22-23H2,1-7H3,(H,36,40)/t29-,35+/m0/s1. The zero-order valence-corrected chi connectivity index (χ0v) is 26.4. The van der Waals surface area contributed by atoms with Crippen LogP contribution in [0.1, 0.15) is 64.7 Å². The number of nitrogens with one attached hydrogen (secondary N) is 1. The third-order valence-electron chi connectivity index (χ3n) is 6.94. The summed E-state index contributed by atoms with van der Waals surface area (Å²) >= 11 is 0. The van der Waals surface area contributed by atoms with E-state index in [1.54, 1.807) is 53.7 Å². The molecular weight excluding hydrogens is 558 g/mol. The fraction of sp³-hybridized carbons (Fsp3) is 0.371. The van der Waals surface area contributed by atoms with Gasteiger partial charge in [0.2, 0.25) is 0 Å². The molecule has 9 nitrogen and oxygen atoms in total. The molecule has 9 heteroatoms. The number of benzene rings is 3. The molecule has 0 aromatic heterocycles. The van der Waals surface area contributed by atoms with Crippen LogP contribution in [-0.4, -0.2) is 54.8 Å². The van der Waals surface area contributed by atoms with Crippen LogP contribution in [0.3, 0.4) is 0 Å². The Morgan fingerprint density at radius 1 is 0.795 bits per heavy atom.